The lowest BCUT2D eigenvalue weighted by Gasteiger charge is -2.36. The van der Waals surface area contributed by atoms with Crippen LogP contribution in [0.3, 0.4) is 0 Å². The molecule has 1 N–H and O–H groups in total. The van der Waals surface area contributed by atoms with Gasteiger partial charge in [0.2, 0.25) is 0 Å². The Labute approximate surface area is 183 Å². The standard InChI is InChI=1S/C24H31N3O4/c1-17(2)31-16-19(28)15-26-11-9-25(10-12-26)13-14-27-23(29)20-7-3-5-18-6-4-8-21(22(18)20)24(27)30/h3-8,17,19,28H,9-16H2,1-2H3/t19-/m0/s1. The minimum absolute atomic E-state index is 0.116. The molecule has 0 aromatic heterocycles. The number of β-amino-alcohol motifs (C(OH)–C–C–N with tert-alkyl or cyclic N) is 1. The van der Waals surface area contributed by atoms with E-state index in [0.29, 0.717) is 37.4 Å². The molecule has 0 radical (unpaired) electrons. The van der Waals surface area contributed by atoms with Crippen LogP contribution >= 0.6 is 0 Å². The van der Waals surface area contributed by atoms with Crippen LogP contribution < -0.4 is 0 Å². The number of amides is 2. The second kappa shape index (κ2) is 9.44. The number of imide groups is 1. The van der Waals surface area contributed by atoms with Gasteiger partial charge < -0.3 is 9.84 Å². The molecule has 0 aliphatic carbocycles. The summed E-state index contributed by atoms with van der Waals surface area (Å²) < 4.78 is 5.48. The Morgan fingerprint density at radius 2 is 1.48 bits per heavy atom. The summed E-state index contributed by atoms with van der Waals surface area (Å²) in [5.74, 6) is -0.414. The summed E-state index contributed by atoms with van der Waals surface area (Å²) in [7, 11) is 0. The fourth-order valence-electron chi connectivity index (χ4n) is 4.37. The Bertz CT molecular complexity index is 902. The van der Waals surface area contributed by atoms with E-state index in [1.165, 1.54) is 4.90 Å². The van der Waals surface area contributed by atoms with E-state index in [1.807, 2.05) is 38.1 Å². The van der Waals surface area contributed by atoms with E-state index in [9.17, 15) is 14.7 Å². The highest BCUT2D eigenvalue weighted by molar-refractivity contribution is 6.25. The van der Waals surface area contributed by atoms with Crippen LogP contribution in [0, 0.1) is 0 Å². The van der Waals surface area contributed by atoms with Crippen molar-refractivity contribution in [3.63, 3.8) is 0 Å². The molecule has 0 unspecified atom stereocenters. The maximum absolute atomic E-state index is 13.0. The molecule has 2 aromatic rings. The maximum Gasteiger partial charge on any atom is 0.261 e. The largest absolute Gasteiger partial charge is 0.389 e. The molecule has 2 aliphatic rings. The van der Waals surface area contributed by atoms with Crippen molar-refractivity contribution in [3.8, 4) is 0 Å². The summed E-state index contributed by atoms with van der Waals surface area (Å²) >= 11 is 0. The zero-order chi connectivity index (χ0) is 22.0. The number of ether oxygens (including phenoxy) is 1. The average molecular weight is 426 g/mol. The lowest BCUT2D eigenvalue weighted by atomic mass is 9.94. The van der Waals surface area contributed by atoms with Gasteiger partial charge in [0.25, 0.3) is 11.8 Å². The van der Waals surface area contributed by atoms with Crippen molar-refractivity contribution in [1.29, 1.82) is 0 Å². The summed E-state index contributed by atoms with van der Waals surface area (Å²) in [6.45, 7) is 9.31. The average Bonchev–Trinajstić information content (AvgIpc) is 2.77. The van der Waals surface area contributed by atoms with Crippen molar-refractivity contribution in [1.82, 2.24) is 14.7 Å². The molecule has 7 heteroatoms. The van der Waals surface area contributed by atoms with Gasteiger partial charge in [-0.3, -0.25) is 24.3 Å². The quantitative estimate of drug-likeness (QED) is 0.651. The summed E-state index contributed by atoms with van der Waals surface area (Å²) in [6.07, 6.45) is -0.369. The van der Waals surface area contributed by atoms with Crippen LogP contribution in [0.5, 0.6) is 0 Å². The number of piperazine rings is 1. The van der Waals surface area contributed by atoms with Gasteiger partial charge in [0.05, 0.1) is 18.8 Å². The number of hydrogen-bond acceptors (Lipinski definition) is 6. The van der Waals surface area contributed by atoms with E-state index in [4.69, 9.17) is 4.74 Å². The third-order valence-electron chi connectivity index (χ3n) is 6.05. The summed E-state index contributed by atoms with van der Waals surface area (Å²) in [6, 6.07) is 11.2. The van der Waals surface area contributed by atoms with Crippen molar-refractivity contribution in [3.05, 3.63) is 47.5 Å². The molecular weight excluding hydrogens is 394 g/mol. The lowest BCUT2D eigenvalue weighted by molar-refractivity contribution is -0.0147. The van der Waals surface area contributed by atoms with Gasteiger partial charge in [0.1, 0.15) is 0 Å². The van der Waals surface area contributed by atoms with Crippen LogP contribution in [0.1, 0.15) is 34.6 Å². The first-order valence-electron chi connectivity index (χ1n) is 11.1. The number of carbonyl (C=O) groups excluding carboxylic acids is 2. The van der Waals surface area contributed by atoms with Crippen molar-refractivity contribution < 1.29 is 19.4 Å². The normalized spacial score (nSPS) is 18.9. The molecule has 1 fully saturated rings. The zero-order valence-corrected chi connectivity index (χ0v) is 18.3. The highest BCUT2D eigenvalue weighted by atomic mass is 16.5. The highest BCUT2D eigenvalue weighted by Gasteiger charge is 2.32. The number of rotatable bonds is 8. The zero-order valence-electron chi connectivity index (χ0n) is 18.3. The van der Waals surface area contributed by atoms with Crippen LogP contribution in [0.2, 0.25) is 0 Å². The number of aliphatic hydroxyl groups is 1. The number of benzene rings is 2. The maximum atomic E-state index is 13.0. The van der Waals surface area contributed by atoms with Crippen LogP contribution in [0.25, 0.3) is 10.8 Å². The SMILES string of the molecule is CC(C)OC[C@@H](O)CN1CCN(CCN2C(=O)c3cccc4cccc(c34)C2=O)CC1. The van der Waals surface area contributed by atoms with Gasteiger partial charge >= 0.3 is 0 Å². The molecule has 1 atom stereocenters. The van der Waals surface area contributed by atoms with Gasteiger partial charge in [-0.25, -0.2) is 0 Å². The van der Waals surface area contributed by atoms with Crippen molar-refractivity contribution in [2.45, 2.75) is 26.1 Å². The minimum Gasteiger partial charge on any atom is -0.389 e. The van der Waals surface area contributed by atoms with Gasteiger partial charge in [0.15, 0.2) is 0 Å². The van der Waals surface area contributed by atoms with Crippen LogP contribution in [-0.2, 0) is 4.74 Å². The van der Waals surface area contributed by atoms with Gasteiger partial charge in [0, 0.05) is 62.3 Å². The first kappa shape index (κ1) is 21.9. The fraction of sp³-hybridized carbons (Fsp3) is 0.500. The van der Waals surface area contributed by atoms with Crippen molar-refractivity contribution in [2.75, 3.05) is 52.4 Å². The van der Waals surface area contributed by atoms with Crippen LogP contribution in [0.4, 0.5) is 0 Å². The van der Waals surface area contributed by atoms with E-state index < -0.39 is 6.10 Å². The van der Waals surface area contributed by atoms with Gasteiger partial charge in [-0.2, -0.15) is 0 Å². The second-order valence-corrected chi connectivity index (χ2v) is 8.65. The molecular formula is C24H31N3O4. The first-order valence-corrected chi connectivity index (χ1v) is 11.1. The van der Waals surface area contributed by atoms with Crippen LogP contribution in [0.15, 0.2) is 36.4 Å². The Kier molecular flexibility index (Phi) is 6.67. The molecule has 2 amide bonds. The topological polar surface area (TPSA) is 73.3 Å². The van der Waals surface area contributed by atoms with Crippen LogP contribution in [-0.4, -0.2) is 96.2 Å². The molecule has 7 nitrogen and oxygen atoms in total. The number of nitrogens with zero attached hydrogens (tertiary/aromatic N) is 3. The molecule has 2 aromatic carbocycles. The first-order chi connectivity index (χ1) is 14.9. The van der Waals surface area contributed by atoms with E-state index >= 15 is 0 Å². The predicted octanol–water partition coefficient (Wildman–Crippen LogP) is 1.84. The molecule has 0 saturated carbocycles. The lowest BCUT2D eigenvalue weighted by Crippen LogP contribution is -2.51. The fourth-order valence-corrected chi connectivity index (χ4v) is 4.37. The Balaban J connectivity index is 1.31. The second-order valence-electron chi connectivity index (χ2n) is 8.65. The number of carbonyl (C=O) groups is 2. The third kappa shape index (κ3) is 4.80. The summed E-state index contributed by atoms with van der Waals surface area (Å²) in [5.41, 5.74) is 1.21. The highest BCUT2D eigenvalue weighted by Crippen LogP contribution is 2.29. The smallest absolute Gasteiger partial charge is 0.261 e. The molecule has 166 valence electrons. The predicted molar refractivity (Wildman–Crippen MR) is 119 cm³/mol. The monoisotopic (exact) mass is 425 g/mol. The van der Waals surface area contributed by atoms with Crippen molar-refractivity contribution >= 4 is 22.6 Å². The summed E-state index contributed by atoms with van der Waals surface area (Å²) in [4.78, 5) is 31.9. The minimum atomic E-state index is -0.486. The Morgan fingerprint density at radius 1 is 0.903 bits per heavy atom. The molecule has 4 rings (SSSR count). The number of aliphatic hydroxyl groups excluding tert-OH is 1. The molecule has 31 heavy (non-hydrogen) atoms. The third-order valence-corrected chi connectivity index (χ3v) is 6.05. The molecule has 1 saturated heterocycles. The van der Waals surface area contributed by atoms with E-state index in [1.54, 1.807) is 12.1 Å². The molecule has 2 heterocycles. The molecule has 0 spiro atoms. The van der Waals surface area contributed by atoms with Gasteiger partial charge in [-0.05, 0) is 31.4 Å². The molecule has 2 aliphatic heterocycles. The molecule has 0 bridgehead atoms. The van der Waals surface area contributed by atoms with E-state index in [0.717, 1.165) is 37.0 Å². The van der Waals surface area contributed by atoms with Gasteiger partial charge in [-0.15, -0.1) is 0 Å². The summed E-state index contributed by atoms with van der Waals surface area (Å²) in [5, 5.41) is 11.8. The van der Waals surface area contributed by atoms with Crippen molar-refractivity contribution in [2.24, 2.45) is 0 Å². The van der Waals surface area contributed by atoms with Gasteiger partial charge in [-0.1, -0.05) is 24.3 Å². The van der Waals surface area contributed by atoms with E-state index in [-0.39, 0.29) is 17.9 Å². The Morgan fingerprint density at radius 3 is 2.06 bits per heavy atom. The van der Waals surface area contributed by atoms with E-state index in [2.05, 4.69) is 9.80 Å². The number of hydrogen-bond donors (Lipinski definition) is 1. The Hall–Kier alpha value is -2.32.